The summed E-state index contributed by atoms with van der Waals surface area (Å²) in [4.78, 5) is 28.7. The van der Waals surface area contributed by atoms with Crippen LogP contribution in [0.15, 0.2) is 53.7 Å². The van der Waals surface area contributed by atoms with Gasteiger partial charge in [-0.05, 0) is 44.2 Å². The van der Waals surface area contributed by atoms with Gasteiger partial charge in [-0.25, -0.2) is 9.18 Å². The van der Waals surface area contributed by atoms with Crippen molar-refractivity contribution in [3.63, 3.8) is 0 Å². The highest BCUT2D eigenvalue weighted by Gasteiger charge is 2.25. The number of nitrogens with zero attached hydrogens (tertiary/aromatic N) is 5. The molecule has 0 aliphatic carbocycles. The summed E-state index contributed by atoms with van der Waals surface area (Å²) >= 11 is 1.38. The van der Waals surface area contributed by atoms with E-state index >= 15 is 0 Å². The highest BCUT2D eigenvalue weighted by molar-refractivity contribution is 7.99. The van der Waals surface area contributed by atoms with Crippen molar-refractivity contribution < 1.29 is 14.0 Å². The monoisotopic (exact) mass is 482 g/mol. The largest absolute Gasteiger partial charge is 0.338 e. The standard InChI is InChI=1S/C24H27FN6O2S/c1-3-31-22(18-6-4-5-17(2)15-18)27-28-24(31)34-16-21(32)29-11-13-30(14-12-29)23(33)26-20-9-7-19(25)8-10-20/h4-10,15H,3,11-14,16H2,1-2H3,(H,26,33). The van der Waals surface area contributed by atoms with Crippen LogP contribution in [0.25, 0.3) is 11.4 Å². The fourth-order valence-corrected chi connectivity index (χ4v) is 4.70. The fraction of sp³-hybridized carbons (Fsp3) is 0.333. The first-order chi connectivity index (χ1) is 16.4. The predicted molar refractivity (Wildman–Crippen MR) is 130 cm³/mol. The molecule has 1 aromatic heterocycles. The van der Waals surface area contributed by atoms with Crippen LogP contribution < -0.4 is 5.32 Å². The summed E-state index contributed by atoms with van der Waals surface area (Å²) in [5, 5.41) is 12.1. The lowest BCUT2D eigenvalue weighted by Crippen LogP contribution is -2.52. The van der Waals surface area contributed by atoms with Crippen LogP contribution in [0, 0.1) is 12.7 Å². The van der Waals surface area contributed by atoms with Gasteiger partial charge in [0, 0.05) is 44.0 Å². The van der Waals surface area contributed by atoms with E-state index in [0.29, 0.717) is 43.6 Å². The number of urea groups is 1. The third-order valence-corrected chi connectivity index (χ3v) is 6.60. The van der Waals surface area contributed by atoms with E-state index in [-0.39, 0.29) is 23.5 Å². The average Bonchev–Trinajstić information content (AvgIpc) is 3.27. The second-order valence-corrected chi connectivity index (χ2v) is 8.96. The Kier molecular flexibility index (Phi) is 7.46. The van der Waals surface area contributed by atoms with E-state index in [1.807, 2.05) is 36.6 Å². The average molecular weight is 483 g/mol. The second-order valence-electron chi connectivity index (χ2n) is 8.01. The molecule has 3 amide bonds. The molecule has 1 fully saturated rings. The van der Waals surface area contributed by atoms with Gasteiger partial charge in [0.15, 0.2) is 11.0 Å². The Balaban J connectivity index is 1.29. The smallest absolute Gasteiger partial charge is 0.321 e. The predicted octanol–water partition coefficient (Wildman–Crippen LogP) is 3.88. The van der Waals surface area contributed by atoms with Crippen molar-refractivity contribution in [3.05, 3.63) is 59.9 Å². The topological polar surface area (TPSA) is 83.4 Å². The molecule has 0 unspecified atom stereocenters. The normalized spacial score (nSPS) is 13.7. The number of carbonyl (C=O) groups is 2. The lowest BCUT2D eigenvalue weighted by molar-refractivity contribution is -0.129. The van der Waals surface area contributed by atoms with Crippen molar-refractivity contribution >= 4 is 29.4 Å². The number of amides is 3. The number of carbonyl (C=O) groups excluding carboxylic acids is 2. The van der Waals surface area contributed by atoms with Gasteiger partial charge in [-0.2, -0.15) is 0 Å². The number of anilines is 1. The number of aryl methyl sites for hydroxylation is 1. The van der Waals surface area contributed by atoms with E-state index in [4.69, 9.17) is 0 Å². The molecule has 8 nitrogen and oxygen atoms in total. The van der Waals surface area contributed by atoms with Gasteiger partial charge in [-0.15, -0.1) is 10.2 Å². The van der Waals surface area contributed by atoms with Crippen molar-refractivity contribution in [3.8, 4) is 11.4 Å². The Labute approximate surface area is 202 Å². The number of hydrogen-bond acceptors (Lipinski definition) is 5. The first-order valence-electron chi connectivity index (χ1n) is 11.2. The van der Waals surface area contributed by atoms with Gasteiger partial charge in [0.2, 0.25) is 5.91 Å². The minimum Gasteiger partial charge on any atom is -0.338 e. The Morgan fingerprint density at radius 3 is 2.41 bits per heavy atom. The summed E-state index contributed by atoms with van der Waals surface area (Å²) < 4.78 is 15.1. The summed E-state index contributed by atoms with van der Waals surface area (Å²) in [6, 6.07) is 13.5. The number of aromatic nitrogens is 3. The molecule has 1 N–H and O–H groups in total. The van der Waals surface area contributed by atoms with E-state index in [1.54, 1.807) is 9.80 Å². The van der Waals surface area contributed by atoms with Crippen LogP contribution in [0.5, 0.6) is 0 Å². The summed E-state index contributed by atoms with van der Waals surface area (Å²) in [5.74, 6) is 0.702. The van der Waals surface area contributed by atoms with Gasteiger partial charge in [-0.3, -0.25) is 4.79 Å². The molecule has 0 atom stereocenters. The van der Waals surface area contributed by atoms with E-state index in [1.165, 1.54) is 36.0 Å². The van der Waals surface area contributed by atoms with Crippen LogP contribution in [0.4, 0.5) is 14.9 Å². The summed E-state index contributed by atoms with van der Waals surface area (Å²) in [6.07, 6.45) is 0. The van der Waals surface area contributed by atoms with Crippen LogP contribution in [0.3, 0.4) is 0 Å². The van der Waals surface area contributed by atoms with Crippen molar-refractivity contribution in [2.45, 2.75) is 25.5 Å². The number of piperazine rings is 1. The third kappa shape index (κ3) is 5.56. The maximum Gasteiger partial charge on any atom is 0.321 e. The molecule has 34 heavy (non-hydrogen) atoms. The SMILES string of the molecule is CCn1c(SCC(=O)N2CCN(C(=O)Nc3ccc(F)cc3)CC2)nnc1-c1cccc(C)c1. The molecule has 0 saturated carbocycles. The highest BCUT2D eigenvalue weighted by Crippen LogP contribution is 2.25. The van der Waals surface area contributed by atoms with Crippen molar-refractivity contribution in [2.24, 2.45) is 0 Å². The van der Waals surface area contributed by atoms with Crippen molar-refractivity contribution in [2.75, 3.05) is 37.2 Å². The molecule has 1 aliphatic rings. The molecule has 1 aliphatic heterocycles. The van der Waals surface area contributed by atoms with Gasteiger partial charge < -0.3 is 19.7 Å². The molecule has 0 bridgehead atoms. The number of thioether (sulfide) groups is 1. The zero-order chi connectivity index (χ0) is 24.1. The molecular weight excluding hydrogens is 455 g/mol. The van der Waals surface area contributed by atoms with Crippen LogP contribution in [0.1, 0.15) is 12.5 Å². The minimum absolute atomic E-state index is 0.00588. The van der Waals surface area contributed by atoms with E-state index < -0.39 is 0 Å². The van der Waals surface area contributed by atoms with Gasteiger partial charge in [0.25, 0.3) is 0 Å². The van der Waals surface area contributed by atoms with Crippen LogP contribution in [-0.4, -0.2) is 68.4 Å². The van der Waals surface area contributed by atoms with E-state index in [2.05, 4.69) is 21.6 Å². The number of rotatable bonds is 6. The molecule has 10 heteroatoms. The zero-order valence-electron chi connectivity index (χ0n) is 19.2. The zero-order valence-corrected chi connectivity index (χ0v) is 20.0. The molecule has 2 aromatic carbocycles. The molecule has 2 heterocycles. The van der Waals surface area contributed by atoms with Gasteiger partial charge >= 0.3 is 6.03 Å². The number of nitrogens with one attached hydrogen (secondary N) is 1. The van der Waals surface area contributed by atoms with Gasteiger partial charge in [0.1, 0.15) is 5.82 Å². The third-order valence-electron chi connectivity index (χ3n) is 5.65. The molecule has 1 saturated heterocycles. The van der Waals surface area contributed by atoms with E-state index in [0.717, 1.165) is 17.0 Å². The molecule has 178 valence electrons. The quantitative estimate of drug-likeness (QED) is 0.539. The molecule has 0 spiro atoms. The highest BCUT2D eigenvalue weighted by atomic mass is 32.2. The lowest BCUT2D eigenvalue weighted by Gasteiger charge is -2.34. The summed E-state index contributed by atoms with van der Waals surface area (Å²) in [7, 11) is 0. The number of halogens is 1. The van der Waals surface area contributed by atoms with Gasteiger partial charge in [0.05, 0.1) is 5.75 Å². The number of benzene rings is 2. The Morgan fingerprint density at radius 2 is 1.74 bits per heavy atom. The minimum atomic E-state index is -0.355. The van der Waals surface area contributed by atoms with Crippen molar-refractivity contribution in [1.82, 2.24) is 24.6 Å². The van der Waals surface area contributed by atoms with Crippen molar-refractivity contribution in [1.29, 1.82) is 0 Å². The number of hydrogen-bond donors (Lipinski definition) is 1. The van der Waals surface area contributed by atoms with Crippen LogP contribution in [-0.2, 0) is 11.3 Å². The molecule has 3 aromatic rings. The Hall–Kier alpha value is -3.40. The van der Waals surface area contributed by atoms with E-state index in [9.17, 15) is 14.0 Å². The second kappa shape index (κ2) is 10.7. The maximum atomic E-state index is 13.0. The first kappa shape index (κ1) is 23.7. The van der Waals surface area contributed by atoms with Gasteiger partial charge in [-0.1, -0.05) is 35.5 Å². The van der Waals surface area contributed by atoms with Crippen LogP contribution in [0.2, 0.25) is 0 Å². The summed E-state index contributed by atoms with van der Waals surface area (Å²) in [5.41, 5.74) is 2.69. The Bertz CT molecular complexity index is 1160. The maximum absolute atomic E-state index is 13.0. The fourth-order valence-electron chi connectivity index (χ4n) is 3.79. The molecular formula is C24H27FN6O2S. The summed E-state index contributed by atoms with van der Waals surface area (Å²) in [6.45, 7) is 6.57. The van der Waals surface area contributed by atoms with Crippen LogP contribution >= 0.6 is 11.8 Å². The molecule has 0 radical (unpaired) electrons. The Morgan fingerprint density at radius 1 is 1.03 bits per heavy atom. The lowest BCUT2D eigenvalue weighted by atomic mass is 10.1. The first-order valence-corrected chi connectivity index (χ1v) is 12.2. The molecule has 4 rings (SSSR count).